The topological polar surface area (TPSA) is 159 Å². The number of benzene rings is 2. The number of aromatic nitrogens is 8. The smallest absolute Gasteiger partial charge is 0.450 e. The van der Waals surface area contributed by atoms with Crippen LogP contribution in [0.2, 0.25) is 0 Å². The lowest BCUT2D eigenvalue weighted by atomic mass is 10.3. The fourth-order valence-corrected chi connectivity index (χ4v) is 4.73. The molecule has 6 aromatic rings. The molecule has 13 nitrogen and oxygen atoms in total. The van der Waals surface area contributed by atoms with Crippen LogP contribution in [0.5, 0.6) is 11.5 Å². The van der Waals surface area contributed by atoms with Gasteiger partial charge in [-0.25, -0.2) is 24.9 Å². The van der Waals surface area contributed by atoms with Crippen LogP contribution in [0.25, 0.3) is 39.4 Å². The summed E-state index contributed by atoms with van der Waals surface area (Å²) in [7, 11) is 2.84. The molecule has 1 saturated carbocycles. The van der Waals surface area contributed by atoms with E-state index in [2.05, 4.69) is 35.2 Å². The predicted molar refractivity (Wildman–Crippen MR) is 162 cm³/mol. The highest BCUT2D eigenvalue weighted by Gasteiger charge is 2.39. The number of carbonyl (C=O) groups is 1. The fourth-order valence-electron chi connectivity index (χ4n) is 4.73. The monoisotopic (exact) mass is 685 g/mol. The molecule has 2 aromatic carbocycles. The first kappa shape index (κ1) is 32.9. The Morgan fingerprint density at radius 2 is 1.24 bits per heavy atom. The number of anilines is 1. The number of nitrogens with one attached hydrogen (secondary N) is 2. The first-order chi connectivity index (χ1) is 23.3. The van der Waals surface area contributed by atoms with Gasteiger partial charge in [-0.2, -0.15) is 26.3 Å². The molecule has 0 radical (unpaired) electrons. The van der Waals surface area contributed by atoms with Gasteiger partial charge >= 0.3 is 12.4 Å². The van der Waals surface area contributed by atoms with Crippen LogP contribution in [0.3, 0.4) is 0 Å². The van der Waals surface area contributed by atoms with E-state index in [0.29, 0.717) is 11.5 Å². The number of fused-ring (bicyclic) bond motifs is 2. The largest absolute Gasteiger partial charge is 0.497 e. The van der Waals surface area contributed by atoms with Crippen LogP contribution in [0.1, 0.15) is 24.5 Å². The molecule has 4 aromatic heterocycles. The van der Waals surface area contributed by atoms with Gasteiger partial charge < -0.3 is 25.5 Å². The van der Waals surface area contributed by atoms with Gasteiger partial charge in [-0.15, -0.1) is 0 Å². The number of alkyl halides is 6. The number of hydrogen-bond donors (Lipinski definition) is 1. The highest BCUT2D eigenvalue weighted by molar-refractivity contribution is 5.93. The third-order valence-corrected chi connectivity index (χ3v) is 7.16. The van der Waals surface area contributed by atoms with E-state index in [4.69, 9.17) is 15.2 Å². The van der Waals surface area contributed by atoms with Crippen LogP contribution < -0.4 is 14.8 Å². The maximum absolute atomic E-state index is 13.5. The number of halogens is 6. The molecule has 1 amide bonds. The molecule has 254 valence electrons. The van der Waals surface area contributed by atoms with Crippen LogP contribution in [0.4, 0.5) is 38.0 Å². The maximum atomic E-state index is 13.5. The van der Waals surface area contributed by atoms with Gasteiger partial charge in [0.1, 0.15) is 17.3 Å². The lowest BCUT2D eigenvalue weighted by molar-refractivity contribution is -0.146. The molecule has 0 aliphatic heterocycles. The Kier molecular flexibility index (Phi) is 8.43. The third-order valence-electron chi connectivity index (χ3n) is 7.16. The van der Waals surface area contributed by atoms with Crippen molar-refractivity contribution in [1.29, 1.82) is 0 Å². The molecule has 0 unspecified atom stereocenters. The Morgan fingerprint density at radius 3 is 1.63 bits per heavy atom. The molecular weight excluding hydrogens is 662 g/mol. The van der Waals surface area contributed by atoms with E-state index >= 15 is 0 Å². The zero-order valence-electron chi connectivity index (χ0n) is 25.3. The molecule has 7 rings (SSSR count). The zero-order chi connectivity index (χ0) is 35.1. The van der Waals surface area contributed by atoms with Crippen LogP contribution in [-0.4, -0.2) is 59.2 Å². The number of hydrogen-bond acceptors (Lipinski definition) is 9. The molecule has 1 fully saturated rings. The fraction of sp³-hybridized carbons (Fsp3) is 0.233. The number of imidazole rings is 2. The second-order valence-electron chi connectivity index (χ2n) is 10.5. The molecule has 2 N–H and O–H groups in total. The van der Waals surface area contributed by atoms with Crippen LogP contribution >= 0.6 is 0 Å². The summed E-state index contributed by atoms with van der Waals surface area (Å²) in [5.41, 5.74) is 7.96. The molecule has 0 bridgehead atoms. The van der Waals surface area contributed by atoms with Crippen LogP contribution in [0.15, 0.2) is 61.2 Å². The van der Waals surface area contributed by atoms with Gasteiger partial charge in [0.25, 0.3) is 0 Å². The van der Waals surface area contributed by atoms with Crippen molar-refractivity contribution in [1.82, 2.24) is 39.0 Å². The van der Waals surface area contributed by atoms with Crippen molar-refractivity contribution in [2.75, 3.05) is 19.5 Å². The minimum atomic E-state index is -4.69. The van der Waals surface area contributed by atoms with Gasteiger partial charge in [-0.3, -0.25) is 13.9 Å². The predicted octanol–water partition coefficient (Wildman–Crippen LogP) is 6.72. The summed E-state index contributed by atoms with van der Waals surface area (Å²) in [6.07, 6.45) is -3.12. The average Bonchev–Trinajstić information content (AvgIpc) is 3.74. The Bertz CT molecular complexity index is 2140. The lowest BCUT2D eigenvalue weighted by Crippen LogP contribution is -2.16. The van der Waals surface area contributed by atoms with E-state index in [1.54, 1.807) is 6.07 Å². The SMILES string of the molecule is COc1ccc2c(c1)nc(C(F)(F)F)n2-c1cnc(NC(=O)C2CC2)cn1.COc1ccc2c(c1)nc(C(F)(F)F)n2-c1cnc([NH-])cn1. The van der Waals surface area contributed by atoms with Crippen molar-refractivity contribution in [2.45, 2.75) is 25.2 Å². The molecule has 0 atom stereocenters. The number of nitrogens with zero attached hydrogens (tertiary/aromatic N) is 8. The first-order valence-electron chi connectivity index (χ1n) is 14.2. The Balaban J connectivity index is 0.000000174. The first-order valence-corrected chi connectivity index (χ1v) is 14.2. The Hall–Kier alpha value is -6.01. The molecule has 0 saturated heterocycles. The number of amides is 1. The molecular formula is C30H23F6N10O3-. The molecule has 1 aliphatic carbocycles. The van der Waals surface area contributed by atoms with Gasteiger partial charge in [-0.05, 0) is 49.1 Å². The number of ether oxygens (including phenoxy) is 2. The van der Waals surface area contributed by atoms with Crippen molar-refractivity contribution in [3.05, 3.63) is 78.6 Å². The van der Waals surface area contributed by atoms with E-state index in [1.807, 2.05) is 0 Å². The quantitative estimate of drug-likeness (QED) is 0.188. The summed E-state index contributed by atoms with van der Waals surface area (Å²) in [5.74, 6) is -1.67. The van der Waals surface area contributed by atoms with E-state index < -0.39 is 24.0 Å². The van der Waals surface area contributed by atoms with E-state index in [-0.39, 0.29) is 57.2 Å². The highest BCUT2D eigenvalue weighted by Crippen LogP contribution is 2.36. The second-order valence-corrected chi connectivity index (χ2v) is 10.5. The zero-order valence-corrected chi connectivity index (χ0v) is 25.3. The summed E-state index contributed by atoms with van der Waals surface area (Å²) in [6, 6.07) is 8.84. The van der Waals surface area contributed by atoms with Gasteiger partial charge in [0.2, 0.25) is 17.6 Å². The summed E-state index contributed by atoms with van der Waals surface area (Å²) in [4.78, 5) is 34.6. The summed E-state index contributed by atoms with van der Waals surface area (Å²) in [6.45, 7) is 0. The standard InChI is InChI=1S/C17H14F3N5O2.C13H9F3N5O/c1-27-10-4-5-12-11(6-10)23-16(17(18,19)20)25(12)14-8-21-13(7-22-14)24-15(26)9-2-3-9;1-22-7-2-3-9-8(4-7)20-12(13(14,15)16)21(9)11-6-18-10(17)5-19-11/h4-9H,2-3H2,1H3,(H,21,24,26);2-6H,1H3,(H-,17,18)/q;-1. The average molecular weight is 686 g/mol. The normalized spacial score (nSPS) is 13.2. The number of rotatable bonds is 6. The minimum Gasteiger partial charge on any atom is -0.497 e. The summed E-state index contributed by atoms with van der Waals surface area (Å²) < 4.78 is 91.9. The van der Waals surface area contributed by atoms with Crippen molar-refractivity contribution in [2.24, 2.45) is 5.92 Å². The molecule has 4 heterocycles. The van der Waals surface area contributed by atoms with Gasteiger partial charge in [0.15, 0.2) is 11.6 Å². The number of methoxy groups -OCH3 is 2. The maximum Gasteiger partial charge on any atom is 0.450 e. The summed E-state index contributed by atoms with van der Waals surface area (Å²) >= 11 is 0. The molecule has 49 heavy (non-hydrogen) atoms. The van der Waals surface area contributed by atoms with Crippen molar-refractivity contribution in [3.8, 4) is 23.1 Å². The molecule has 1 aliphatic rings. The van der Waals surface area contributed by atoms with Gasteiger partial charge in [-0.1, -0.05) is 0 Å². The van der Waals surface area contributed by atoms with Crippen molar-refractivity contribution < 1.29 is 40.6 Å². The van der Waals surface area contributed by atoms with Gasteiger partial charge in [0.05, 0.1) is 48.7 Å². The minimum absolute atomic E-state index is 0.0177. The van der Waals surface area contributed by atoms with Gasteiger partial charge in [0, 0.05) is 24.2 Å². The molecule has 19 heteroatoms. The van der Waals surface area contributed by atoms with Crippen LogP contribution in [0, 0.1) is 5.92 Å². The Labute approximate surface area is 271 Å². The van der Waals surface area contributed by atoms with E-state index in [9.17, 15) is 31.1 Å². The van der Waals surface area contributed by atoms with Crippen molar-refractivity contribution >= 4 is 39.6 Å². The van der Waals surface area contributed by atoms with Crippen molar-refractivity contribution in [3.63, 3.8) is 0 Å². The van der Waals surface area contributed by atoms with Crippen LogP contribution in [-0.2, 0) is 17.1 Å². The van der Waals surface area contributed by atoms with E-state index in [0.717, 1.165) is 34.4 Å². The third kappa shape index (κ3) is 6.85. The van der Waals surface area contributed by atoms with E-state index in [1.165, 1.54) is 56.9 Å². The number of carbonyl (C=O) groups excluding carboxylic acids is 1. The summed E-state index contributed by atoms with van der Waals surface area (Å²) in [5, 5.41) is 2.60. The molecule has 0 spiro atoms. The second kappa shape index (κ2) is 12.5. The Morgan fingerprint density at radius 1 is 0.755 bits per heavy atom. The lowest BCUT2D eigenvalue weighted by Gasteiger charge is -2.12. The highest BCUT2D eigenvalue weighted by atomic mass is 19.4.